The third-order valence-electron chi connectivity index (χ3n) is 7.00. The zero-order valence-electron chi connectivity index (χ0n) is 21.4. The van der Waals surface area contributed by atoms with Gasteiger partial charge < -0.3 is 4.42 Å². The molecule has 3 nitrogen and oxygen atoms in total. The molecule has 0 aliphatic heterocycles. The minimum Gasteiger partial charge on any atom is -0.455 e. The first-order valence-electron chi connectivity index (χ1n) is 12.6. The molecule has 0 radical (unpaired) electrons. The molecule has 0 spiro atoms. The van der Waals surface area contributed by atoms with Crippen molar-refractivity contribution in [2.45, 2.75) is 26.2 Å². The van der Waals surface area contributed by atoms with Gasteiger partial charge in [-0.05, 0) is 51.9 Å². The number of aromatic nitrogens is 1. The van der Waals surface area contributed by atoms with Gasteiger partial charge in [0.25, 0.3) is 0 Å². The Kier molecular flexibility index (Phi) is 5.58. The van der Waals surface area contributed by atoms with Gasteiger partial charge in [-0.3, -0.25) is 4.98 Å². The number of nitriles is 1. The van der Waals surface area contributed by atoms with Crippen LogP contribution in [0.5, 0.6) is 0 Å². The molecule has 4 aromatic carbocycles. The first-order chi connectivity index (χ1) is 18.4. The molecular formula is C34H25FN2O. The molecule has 0 bridgehead atoms. The molecule has 6 rings (SSSR count). The zero-order chi connectivity index (χ0) is 26.4. The summed E-state index contributed by atoms with van der Waals surface area (Å²) in [4.78, 5) is 4.53. The van der Waals surface area contributed by atoms with Crippen LogP contribution in [0.1, 0.15) is 31.9 Å². The number of furan rings is 1. The quantitative estimate of drug-likeness (QED) is 0.245. The fraction of sp³-hybridized carbons (Fsp3) is 0.118. The lowest BCUT2D eigenvalue weighted by molar-refractivity contribution is 0.594. The zero-order valence-corrected chi connectivity index (χ0v) is 21.4. The molecule has 0 aliphatic rings. The van der Waals surface area contributed by atoms with Crippen LogP contribution in [-0.4, -0.2) is 4.98 Å². The van der Waals surface area contributed by atoms with E-state index < -0.39 is 5.82 Å². The van der Waals surface area contributed by atoms with Gasteiger partial charge in [0, 0.05) is 22.7 Å². The van der Waals surface area contributed by atoms with Gasteiger partial charge in [0.05, 0.1) is 16.6 Å². The molecule has 0 aliphatic carbocycles. The summed E-state index contributed by atoms with van der Waals surface area (Å²) in [6, 6.07) is 31.3. The van der Waals surface area contributed by atoms with E-state index in [9.17, 15) is 5.26 Å². The van der Waals surface area contributed by atoms with Crippen LogP contribution in [0.2, 0.25) is 0 Å². The highest BCUT2D eigenvalue weighted by Crippen LogP contribution is 2.46. The van der Waals surface area contributed by atoms with Gasteiger partial charge in [0.15, 0.2) is 0 Å². The van der Waals surface area contributed by atoms with Crippen molar-refractivity contribution >= 4 is 21.9 Å². The summed E-state index contributed by atoms with van der Waals surface area (Å²) in [5, 5.41) is 11.1. The van der Waals surface area contributed by atoms with E-state index in [0.717, 1.165) is 38.9 Å². The van der Waals surface area contributed by atoms with E-state index in [0.29, 0.717) is 22.1 Å². The molecule has 0 amide bonds. The van der Waals surface area contributed by atoms with Crippen LogP contribution >= 0.6 is 0 Å². The Hall–Kier alpha value is -4.75. The average Bonchev–Trinajstić information content (AvgIpc) is 3.34. The third-order valence-corrected chi connectivity index (χ3v) is 7.00. The monoisotopic (exact) mass is 496 g/mol. The fourth-order valence-corrected chi connectivity index (χ4v) is 5.18. The van der Waals surface area contributed by atoms with E-state index in [1.807, 2.05) is 72.8 Å². The lowest BCUT2D eigenvalue weighted by atomic mass is 9.82. The number of nitrogens with zero attached hydrogens (tertiary/aromatic N) is 2. The summed E-state index contributed by atoms with van der Waals surface area (Å²) in [7, 11) is 0. The highest BCUT2D eigenvalue weighted by Gasteiger charge is 2.28. The summed E-state index contributed by atoms with van der Waals surface area (Å²) < 4.78 is 22.4. The second kappa shape index (κ2) is 8.97. The Morgan fingerprint density at radius 3 is 2.11 bits per heavy atom. The topological polar surface area (TPSA) is 49.8 Å². The minimum atomic E-state index is -0.469. The highest BCUT2D eigenvalue weighted by atomic mass is 19.1. The van der Waals surface area contributed by atoms with Crippen molar-refractivity contribution in [1.82, 2.24) is 4.98 Å². The molecule has 4 heteroatoms. The molecule has 0 unspecified atom stereocenters. The normalized spacial score (nSPS) is 11.7. The van der Waals surface area contributed by atoms with Crippen LogP contribution in [0.4, 0.5) is 4.39 Å². The van der Waals surface area contributed by atoms with Crippen LogP contribution in [0.25, 0.3) is 55.4 Å². The fourth-order valence-electron chi connectivity index (χ4n) is 5.18. The molecule has 0 N–H and O–H groups in total. The van der Waals surface area contributed by atoms with Gasteiger partial charge in [-0.2, -0.15) is 5.26 Å². The molecule has 2 heterocycles. The van der Waals surface area contributed by atoms with E-state index in [1.54, 1.807) is 6.20 Å². The molecule has 0 saturated heterocycles. The number of hydrogen-bond acceptors (Lipinski definition) is 3. The lowest BCUT2D eigenvalue weighted by Gasteiger charge is -2.21. The van der Waals surface area contributed by atoms with E-state index in [2.05, 4.69) is 44.0 Å². The maximum atomic E-state index is 15.9. The Balaban J connectivity index is 1.69. The summed E-state index contributed by atoms with van der Waals surface area (Å²) >= 11 is 0. The van der Waals surface area contributed by atoms with E-state index in [1.165, 1.54) is 6.07 Å². The van der Waals surface area contributed by atoms with Gasteiger partial charge in [0.2, 0.25) is 0 Å². The Labute approximate surface area is 220 Å². The largest absolute Gasteiger partial charge is 0.455 e. The second-order valence-electron chi connectivity index (χ2n) is 10.5. The van der Waals surface area contributed by atoms with Crippen LogP contribution < -0.4 is 0 Å². The number of rotatable bonds is 3. The molecule has 0 fully saturated rings. The highest BCUT2D eigenvalue weighted by molar-refractivity contribution is 6.15. The number of hydrogen-bond donors (Lipinski definition) is 0. The molecule has 0 atom stereocenters. The summed E-state index contributed by atoms with van der Waals surface area (Å²) in [6.45, 7) is 6.31. The standard InChI is InChI=1S/C34H25FN2O/c1-34(2,3)26-17-16-25(28-11-7-8-18-37-28)32-30(26)31-27(35)19-24(20-36)29(33(31)38-32)23-14-12-22(13-15-23)21-9-5-4-6-10-21/h4-19H,1-3H3. The summed E-state index contributed by atoms with van der Waals surface area (Å²) in [6.07, 6.45) is 1.73. The van der Waals surface area contributed by atoms with Gasteiger partial charge in [-0.1, -0.05) is 87.5 Å². The maximum Gasteiger partial charge on any atom is 0.147 e. The first kappa shape index (κ1) is 23.6. The van der Waals surface area contributed by atoms with E-state index in [4.69, 9.17) is 4.42 Å². The number of benzene rings is 4. The second-order valence-corrected chi connectivity index (χ2v) is 10.5. The van der Waals surface area contributed by atoms with Crippen molar-refractivity contribution in [3.63, 3.8) is 0 Å². The molecule has 184 valence electrons. The molecule has 0 saturated carbocycles. The molecule has 2 aromatic heterocycles. The SMILES string of the molecule is CC(C)(C)c1ccc(-c2ccccn2)c2oc3c(-c4ccc(-c5ccccc5)cc4)c(C#N)cc(F)c3c12. The molecule has 38 heavy (non-hydrogen) atoms. The lowest BCUT2D eigenvalue weighted by Crippen LogP contribution is -2.11. The van der Waals surface area contributed by atoms with Crippen molar-refractivity contribution in [3.05, 3.63) is 114 Å². The van der Waals surface area contributed by atoms with Crippen molar-refractivity contribution in [3.8, 4) is 39.6 Å². The minimum absolute atomic E-state index is 0.234. The van der Waals surface area contributed by atoms with Gasteiger partial charge in [0.1, 0.15) is 23.1 Å². The average molecular weight is 497 g/mol. The number of fused-ring (bicyclic) bond motifs is 3. The van der Waals surface area contributed by atoms with Crippen LogP contribution in [0, 0.1) is 17.1 Å². The molecular weight excluding hydrogens is 471 g/mol. The van der Waals surface area contributed by atoms with Crippen molar-refractivity contribution in [2.75, 3.05) is 0 Å². The summed E-state index contributed by atoms with van der Waals surface area (Å²) in [5.74, 6) is -0.469. The third kappa shape index (κ3) is 3.84. The Morgan fingerprint density at radius 2 is 1.45 bits per heavy atom. The number of halogens is 1. The van der Waals surface area contributed by atoms with Gasteiger partial charge in [-0.15, -0.1) is 0 Å². The van der Waals surface area contributed by atoms with Crippen LogP contribution in [0.15, 0.2) is 102 Å². The van der Waals surface area contributed by atoms with Crippen LogP contribution in [0.3, 0.4) is 0 Å². The van der Waals surface area contributed by atoms with Crippen molar-refractivity contribution in [2.24, 2.45) is 0 Å². The predicted octanol–water partition coefficient (Wildman–Crippen LogP) is 9.29. The first-order valence-corrected chi connectivity index (χ1v) is 12.6. The molecule has 6 aromatic rings. The van der Waals surface area contributed by atoms with E-state index in [-0.39, 0.29) is 11.0 Å². The maximum absolute atomic E-state index is 15.9. The number of pyridine rings is 1. The van der Waals surface area contributed by atoms with Crippen LogP contribution in [-0.2, 0) is 5.41 Å². The predicted molar refractivity (Wildman–Crippen MR) is 151 cm³/mol. The van der Waals surface area contributed by atoms with Gasteiger partial charge in [-0.25, -0.2) is 4.39 Å². The Bertz CT molecular complexity index is 1840. The van der Waals surface area contributed by atoms with Crippen molar-refractivity contribution in [1.29, 1.82) is 5.26 Å². The van der Waals surface area contributed by atoms with E-state index >= 15 is 4.39 Å². The smallest absolute Gasteiger partial charge is 0.147 e. The van der Waals surface area contributed by atoms with Gasteiger partial charge >= 0.3 is 0 Å². The summed E-state index contributed by atoms with van der Waals surface area (Å²) in [5.41, 5.74) is 6.95. The van der Waals surface area contributed by atoms with Crippen molar-refractivity contribution < 1.29 is 8.81 Å². The Morgan fingerprint density at radius 1 is 0.763 bits per heavy atom.